The Morgan fingerprint density at radius 3 is 2.62 bits per heavy atom. The van der Waals surface area contributed by atoms with E-state index in [1.165, 1.54) is 0 Å². The molecule has 0 saturated heterocycles. The summed E-state index contributed by atoms with van der Waals surface area (Å²) in [5.74, 6) is 0. The van der Waals surface area contributed by atoms with Crippen molar-refractivity contribution in [2.75, 3.05) is 6.54 Å². The molecule has 0 fully saturated rings. The van der Waals surface area contributed by atoms with Crippen LogP contribution in [0.2, 0.25) is 0 Å². The second-order valence-corrected chi connectivity index (χ2v) is 3.85. The molecule has 4 nitrogen and oxygen atoms in total. The van der Waals surface area contributed by atoms with Crippen LogP contribution in [0.1, 0.15) is 11.4 Å². The molecule has 0 aromatic carbocycles. The maximum atomic E-state index is 9.33. The van der Waals surface area contributed by atoms with Crippen LogP contribution in [0.5, 0.6) is 0 Å². The Bertz CT molecular complexity index is 298. The fourth-order valence-electron chi connectivity index (χ4n) is 1.13. The molecule has 0 spiro atoms. The lowest BCUT2D eigenvalue weighted by Gasteiger charge is -2.08. The van der Waals surface area contributed by atoms with Gasteiger partial charge in [0.25, 0.3) is 0 Å². The molecule has 13 heavy (non-hydrogen) atoms. The van der Waals surface area contributed by atoms with Gasteiger partial charge in [-0.2, -0.15) is 5.10 Å². The molecule has 0 amide bonds. The normalized spacial score (nSPS) is 13.3. The zero-order valence-electron chi connectivity index (χ0n) is 7.79. The molecule has 0 radical (unpaired) electrons. The van der Waals surface area contributed by atoms with Gasteiger partial charge in [0.2, 0.25) is 0 Å². The average molecular weight is 248 g/mol. The van der Waals surface area contributed by atoms with Crippen molar-refractivity contribution < 1.29 is 5.11 Å². The maximum Gasteiger partial charge on any atom is 0.0858 e. The minimum atomic E-state index is -0.523. The highest BCUT2D eigenvalue weighted by Gasteiger charge is 2.10. The Hall–Kier alpha value is -0.390. The number of aliphatic hydroxyl groups excluding tert-OH is 1. The molecular weight excluding hydrogens is 234 g/mol. The summed E-state index contributed by atoms with van der Waals surface area (Å²) in [6, 6.07) is 0. The van der Waals surface area contributed by atoms with E-state index in [0.717, 1.165) is 15.9 Å². The van der Waals surface area contributed by atoms with E-state index in [9.17, 15) is 5.11 Å². The molecule has 0 bridgehead atoms. The van der Waals surface area contributed by atoms with Gasteiger partial charge in [-0.25, -0.2) is 0 Å². The molecule has 74 valence electrons. The molecule has 0 aliphatic rings. The number of aliphatic hydroxyl groups is 1. The Morgan fingerprint density at radius 1 is 1.62 bits per heavy atom. The predicted molar refractivity (Wildman–Crippen MR) is 54.5 cm³/mol. The summed E-state index contributed by atoms with van der Waals surface area (Å²) >= 11 is 3.42. The topological polar surface area (TPSA) is 64.1 Å². The number of aromatic nitrogens is 2. The van der Waals surface area contributed by atoms with Gasteiger partial charge in [-0.3, -0.25) is 4.68 Å². The van der Waals surface area contributed by atoms with Gasteiger partial charge in [0, 0.05) is 12.2 Å². The molecule has 0 aliphatic carbocycles. The van der Waals surface area contributed by atoms with Crippen molar-refractivity contribution in [1.82, 2.24) is 9.78 Å². The SMILES string of the molecule is Cc1nn(C[C@@H](O)CN)c(C)c1Br. The number of halogens is 1. The van der Waals surface area contributed by atoms with E-state index in [2.05, 4.69) is 21.0 Å². The van der Waals surface area contributed by atoms with E-state index < -0.39 is 6.10 Å². The Balaban J connectivity index is 2.83. The first kappa shape index (κ1) is 10.7. The highest BCUT2D eigenvalue weighted by atomic mass is 79.9. The zero-order chi connectivity index (χ0) is 10.0. The third-order valence-corrected chi connectivity index (χ3v) is 3.10. The van der Waals surface area contributed by atoms with Gasteiger partial charge in [0.15, 0.2) is 0 Å². The van der Waals surface area contributed by atoms with Crippen LogP contribution >= 0.6 is 15.9 Å². The first-order valence-corrected chi connectivity index (χ1v) is 4.93. The molecule has 0 aliphatic heterocycles. The second-order valence-electron chi connectivity index (χ2n) is 3.06. The van der Waals surface area contributed by atoms with Crippen molar-refractivity contribution in [2.45, 2.75) is 26.5 Å². The minimum Gasteiger partial charge on any atom is -0.390 e. The minimum absolute atomic E-state index is 0.260. The van der Waals surface area contributed by atoms with Crippen molar-refractivity contribution in [2.24, 2.45) is 5.73 Å². The molecule has 0 unspecified atom stereocenters. The van der Waals surface area contributed by atoms with E-state index in [4.69, 9.17) is 5.73 Å². The molecule has 1 rings (SSSR count). The van der Waals surface area contributed by atoms with Gasteiger partial charge in [-0.1, -0.05) is 0 Å². The maximum absolute atomic E-state index is 9.33. The van der Waals surface area contributed by atoms with Gasteiger partial charge in [-0.15, -0.1) is 0 Å². The summed E-state index contributed by atoms with van der Waals surface area (Å²) < 4.78 is 2.76. The third kappa shape index (κ3) is 2.30. The molecular formula is C8H14BrN3O. The third-order valence-electron chi connectivity index (χ3n) is 1.95. The number of aryl methyl sites for hydroxylation is 1. The lowest BCUT2D eigenvalue weighted by molar-refractivity contribution is 0.156. The highest BCUT2D eigenvalue weighted by molar-refractivity contribution is 9.10. The Labute approximate surface area is 85.9 Å². The Kier molecular flexibility index (Phi) is 3.47. The van der Waals surface area contributed by atoms with Crippen LogP contribution in [0.4, 0.5) is 0 Å². The molecule has 1 atom stereocenters. The lowest BCUT2D eigenvalue weighted by Crippen LogP contribution is -2.26. The van der Waals surface area contributed by atoms with Gasteiger partial charge < -0.3 is 10.8 Å². The van der Waals surface area contributed by atoms with Crippen molar-refractivity contribution in [3.63, 3.8) is 0 Å². The van der Waals surface area contributed by atoms with Crippen molar-refractivity contribution in [3.8, 4) is 0 Å². The van der Waals surface area contributed by atoms with Crippen LogP contribution in [0.25, 0.3) is 0 Å². The largest absolute Gasteiger partial charge is 0.390 e. The van der Waals surface area contributed by atoms with Crippen molar-refractivity contribution >= 4 is 15.9 Å². The fraction of sp³-hybridized carbons (Fsp3) is 0.625. The van der Waals surface area contributed by atoms with E-state index in [-0.39, 0.29) is 6.54 Å². The van der Waals surface area contributed by atoms with E-state index in [0.29, 0.717) is 6.54 Å². The number of nitrogens with two attached hydrogens (primary N) is 1. The van der Waals surface area contributed by atoms with E-state index >= 15 is 0 Å². The van der Waals surface area contributed by atoms with Crippen LogP contribution < -0.4 is 5.73 Å². The molecule has 3 N–H and O–H groups in total. The summed E-state index contributed by atoms with van der Waals surface area (Å²) in [4.78, 5) is 0. The van der Waals surface area contributed by atoms with Crippen LogP contribution in [0.15, 0.2) is 4.47 Å². The quantitative estimate of drug-likeness (QED) is 0.822. The molecule has 5 heteroatoms. The van der Waals surface area contributed by atoms with Gasteiger partial charge in [0.1, 0.15) is 0 Å². The smallest absolute Gasteiger partial charge is 0.0858 e. The number of hydrogen-bond acceptors (Lipinski definition) is 3. The number of nitrogens with zero attached hydrogens (tertiary/aromatic N) is 2. The molecule has 0 saturated carbocycles. The second kappa shape index (κ2) is 4.21. The molecule has 1 aromatic rings. The number of rotatable bonds is 3. The van der Waals surface area contributed by atoms with E-state index in [1.807, 2.05) is 13.8 Å². The van der Waals surface area contributed by atoms with Crippen molar-refractivity contribution in [1.29, 1.82) is 0 Å². The van der Waals surface area contributed by atoms with Crippen LogP contribution in [0, 0.1) is 13.8 Å². The van der Waals surface area contributed by atoms with Crippen LogP contribution in [0.3, 0.4) is 0 Å². The first-order valence-electron chi connectivity index (χ1n) is 4.14. The van der Waals surface area contributed by atoms with E-state index in [1.54, 1.807) is 4.68 Å². The average Bonchev–Trinajstić information content (AvgIpc) is 2.34. The lowest BCUT2D eigenvalue weighted by atomic mass is 10.3. The standard InChI is InChI=1S/C8H14BrN3O/c1-5-8(9)6(2)12(11-5)4-7(13)3-10/h7,13H,3-4,10H2,1-2H3/t7-/m0/s1. The summed E-state index contributed by atoms with van der Waals surface area (Å²) in [7, 11) is 0. The fourth-order valence-corrected chi connectivity index (χ4v) is 1.41. The highest BCUT2D eigenvalue weighted by Crippen LogP contribution is 2.19. The summed E-state index contributed by atoms with van der Waals surface area (Å²) in [6.45, 7) is 4.58. The first-order chi connectivity index (χ1) is 6.06. The van der Waals surface area contributed by atoms with Crippen molar-refractivity contribution in [3.05, 3.63) is 15.9 Å². The zero-order valence-corrected chi connectivity index (χ0v) is 9.37. The summed E-state index contributed by atoms with van der Waals surface area (Å²) in [5.41, 5.74) is 7.26. The molecule has 1 heterocycles. The Morgan fingerprint density at radius 2 is 2.23 bits per heavy atom. The van der Waals surface area contributed by atoms with Crippen LogP contribution in [-0.2, 0) is 6.54 Å². The molecule has 1 aromatic heterocycles. The monoisotopic (exact) mass is 247 g/mol. The van der Waals surface area contributed by atoms with Gasteiger partial charge in [0.05, 0.1) is 22.8 Å². The number of hydrogen-bond donors (Lipinski definition) is 2. The summed E-state index contributed by atoms with van der Waals surface area (Å²) in [5, 5.41) is 13.6. The van der Waals surface area contributed by atoms with Crippen LogP contribution in [-0.4, -0.2) is 27.5 Å². The predicted octanol–water partition coefficient (Wildman–Crippen LogP) is 0.582. The summed E-state index contributed by atoms with van der Waals surface area (Å²) in [6.07, 6.45) is -0.523. The van der Waals surface area contributed by atoms with Gasteiger partial charge >= 0.3 is 0 Å². The van der Waals surface area contributed by atoms with Gasteiger partial charge in [-0.05, 0) is 29.8 Å².